The normalized spacial score (nSPS) is 20.2. The molecule has 0 aliphatic carbocycles. The van der Waals surface area contributed by atoms with Crippen molar-refractivity contribution in [3.8, 4) is 17.2 Å². The molecule has 3 aliphatic rings. The number of hydrogen-bond donors (Lipinski definition) is 2. The van der Waals surface area contributed by atoms with E-state index in [-0.39, 0.29) is 19.3 Å². The van der Waals surface area contributed by atoms with Crippen molar-refractivity contribution in [2.45, 2.75) is 24.5 Å². The molecule has 1 unspecified atom stereocenters. The van der Waals surface area contributed by atoms with Gasteiger partial charge >= 0.3 is 0 Å². The summed E-state index contributed by atoms with van der Waals surface area (Å²) in [6, 6.07) is 13.1. The molecule has 0 aromatic heterocycles. The van der Waals surface area contributed by atoms with Gasteiger partial charge in [-0.05, 0) is 42.7 Å². The molecule has 0 spiro atoms. The van der Waals surface area contributed by atoms with E-state index in [4.69, 9.17) is 18.9 Å². The number of para-hydroxylation sites is 1. The van der Waals surface area contributed by atoms with E-state index in [9.17, 15) is 15.0 Å². The predicted molar refractivity (Wildman–Crippen MR) is 137 cm³/mol. The smallest absolute Gasteiger partial charge is 0.246 e. The number of rotatable bonds is 8. The van der Waals surface area contributed by atoms with Crippen LogP contribution in [0.15, 0.2) is 48.5 Å². The summed E-state index contributed by atoms with van der Waals surface area (Å²) < 4.78 is 22.0. The number of carbonyl (C=O) groups is 1. The summed E-state index contributed by atoms with van der Waals surface area (Å²) in [7, 11) is 0. The SMILES string of the molecule is O=C(C=Cc1ccccc1OCC(O)CN1CCC(O)(c2ccc3c(c2)OCO3)CC1)N1CCOCC1. The number of piperidine rings is 1. The lowest BCUT2D eigenvalue weighted by Gasteiger charge is -2.39. The lowest BCUT2D eigenvalue weighted by molar-refractivity contribution is -0.129. The van der Waals surface area contributed by atoms with Crippen molar-refractivity contribution in [1.82, 2.24) is 9.80 Å². The average molecular weight is 511 g/mol. The number of aliphatic hydroxyl groups excluding tert-OH is 1. The number of morpholine rings is 1. The Bertz CT molecular complexity index is 1110. The van der Waals surface area contributed by atoms with E-state index in [2.05, 4.69) is 4.90 Å². The Kier molecular flexibility index (Phi) is 7.95. The fraction of sp³-hybridized carbons (Fsp3) is 0.464. The molecule has 0 radical (unpaired) electrons. The fourth-order valence-electron chi connectivity index (χ4n) is 4.92. The second-order valence-electron chi connectivity index (χ2n) is 9.67. The lowest BCUT2D eigenvalue weighted by atomic mass is 9.84. The van der Waals surface area contributed by atoms with Crippen LogP contribution in [0.5, 0.6) is 17.2 Å². The second-order valence-corrected chi connectivity index (χ2v) is 9.67. The van der Waals surface area contributed by atoms with Crippen molar-refractivity contribution in [1.29, 1.82) is 0 Å². The summed E-state index contributed by atoms with van der Waals surface area (Å²) >= 11 is 0. The zero-order valence-corrected chi connectivity index (χ0v) is 20.9. The first-order valence-electron chi connectivity index (χ1n) is 12.8. The Morgan fingerprint density at radius 3 is 2.62 bits per heavy atom. The molecule has 0 bridgehead atoms. The van der Waals surface area contributed by atoms with E-state index in [1.54, 1.807) is 17.1 Å². The zero-order chi connectivity index (χ0) is 25.7. The number of aliphatic hydroxyl groups is 2. The van der Waals surface area contributed by atoms with Gasteiger partial charge in [0.25, 0.3) is 0 Å². The van der Waals surface area contributed by atoms with Gasteiger partial charge in [-0.3, -0.25) is 4.79 Å². The molecule has 3 heterocycles. The Labute approximate surface area is 216 Å². The molecular formula is C28H34N2O7. The summed E-state index contributed by atoms with van der Waals surface area (Å²) in [6.45, 7) is 4.41. The zero-order valence-electron chi connectivity index (χ0n) is 20.9. The third kappa shape index (κ3) is 6.24. The van der Waals surface area contributed by atoms with E-state index in [0.717, 1.165) is 11.1 Å². The highest BCUT2D eigenvalue weighted by molar-refractivity contribution is 5.92. The molecular weight excluding hydrogens is 476 g/mol. The van der Waals surface area contributed by atoms with Crippen LogP contribution in [0.1, 0.15) is 24.0 Å². The van der Waals surface area contributed by atoms with Crippen LogP contribution < -0.4 is 14.2 Å². The number of benzene rings is 2. The molecule has 1 atom stereocenters. The Balaban J connectivity index is 1.10. The van der Waals surface area contributed by atoms with Crippen molar-refractivity contribution >= 4 is 12.0 Å². The van der Waals surface area contributed by atoms with Gasteiger partial charge in [0.15, 0.2) is 11.5 Å². The number of amides is 1. The van der Waals surface area contributed by atoms with Crippen molar-refractivity contribution in [3.63, 3.8) is 0 Å². The standard InChI is InChI=1S/C28H34N2O7/c31-23(18-29-11-9-28(33,10-12-29)22-6-7-25-26(17-22)37-20-36-25)19-35-24-4-2-1-3-21(24)5-8-27(32)30-13-15-34-16-14-30/h1-8,17,23,31,33H,9-16,18-20H2. The van der Waals surface area contributed by atoms with E-state index in [1.807, 2.05) is 42.5 Å². The highest BCUT2D eigenvalue weighted by atomic mass is 16.7. The fourth-order valence-corrected chi connectivity index (χ4v) is 4.92. The highest BCUT2D eigenvalue weighted by Crippen LogP contribution is 2.39. The van der Waals surface area contributed by atoms with Crippen LogP contribution in [-0.4, -0.2) is 91.4 Å². The number of carbonyl (C=O) groups excluding carboxylic acids is 1. The monoisotopic (exact) mass is 510 g/mol. The van der Waals surface area contributed by atoms with Crippen LogP contribution in [0.25, 0.3) is 6.08 Å². The minimum atomic E-state index is -0.928. The van der Waals surface area contributed by atoms with E-state index in [0.29, 0.717) is 76.0 Å². The second kappa shape index (κ2) is 11.5. The van der Waals surface area contributed by atoms with Gasteiger partial charge in [-0.2, -0.15) is 0 Å². The highest BCUT2D eigenvalue weighted by Gasteiger charge is 2.35. The summed E-state index contributed by atoms with van der Waals surface area (Å²) in [5, 5.41) is 21.9. The van der Waals surface area contributed by atoms with E-state index in [1.165, 1.54) is 0 Å². The van der Waals surface area contributed by atoms with Crippen LogP contribution >= 0.6 is 0 Å². The first kappa shape index (κ1) is 25.5. The molecule has 2 aromatic rings. The summed E-state index contributed by atoms with van der Waals surface area (Å²) in [5.41, 5.74) is 0.684. The molecule has 198 valence electrons. The Morgan fingerprint density at radius 2 is 1.81 bits per heavy atom. The van der Waals surface area contributed by atoms with Gasteiger partial charge in [-0.1, -0.05) is 24.3 Å². The minimum Gasteiger partial charge on any atom is -0.490 e. The molecule has 0 saturated carbocycles. The van der Waals surface area contributed by atoms with Gasteiger partial charge in [0.2, 0.25) is 12.7 Å². The Morgan fingerprint density at radius 1 is 1.05 bits per heavy atom. The van der Waals surface area contributed by atoms with Gasteiger partial charge in [0.1, 0.15) is 18.5 Å². The molecule has 3 aliphatic heterocycles. The third-order valence-electron chi connectivity index (χ3n) is 7.14. The molecule has 2 aromatic carbocycles. The van der Waals surface area contributed by atoms with Crippen LogP contribution in [0.3, 0.4) is 0 Å². The topological polar surface area (TPSA) is 101 Å². The van der Waals surface area contributed by atoms with Gasteiger partial charge in [-0.25, -0.2) is 0 Å². The number of likely N-dealkylation sites (tertiary alicyclic amines) is 1. The van der Waals surface area contributed by atoms with Crippen LogP contribution in [0.4, 0.5) is 0 Å². The first-order chi connectivity index (χ1) is 18.0. The lowest BCUT2D eigenvalue weighted by Crippen LogP contribution is -2.46. The minimum absolute atomic E-state index is 0.0519. The van der Waals surface area contributed by atoms with Crippen LogP contribution in [0, 0.1) is 0 Å². The van der Waals surface area contributed by atoms with Crippen molar-refractivity contribution in [3.05, 3.63) is 59.7 Å². The number of hydrogen-bond acceptors (Lipinski definition) is 8. The quantitative estimate of drug-likeness (QED) is 0.521. The molecule has 9 heteroatoms. The molecule has 1 amide bonds. The maximum absolute atomic E-state index is 12.4. The summed E-state index contributed by atoms with van der Waals surface area (Å²) in [4.78, 5) is 16.3. The third-order valence-corrected chi connectivity index (χ3v) is 7.14. The van der Waals surface area contributed by atoms with Crippen LogP contribution in [0.2, 0.25) is 0 Å². The summed E-state index contributed by atoms with van der Waals surface area (Å²) in [6.07, 6.45) is 3.74. The van der Waals surface area contributed by atoms with Crippen molar-refractivity contribution in [2.75, 3.05) is 59.3 Å². The first-order valence-corrected chi connectivity index (χ1v) is 12.8. The molecule has 37 heavy (non-hydrogen) atoms. The molecule has 5 rings (SSSR count). The van der Waals surface area contributed by atoms with E-state index >= 15 is 0 Å². The molecule has 2 fully saturated rings. The molecule has 9 nitrogen and oxygen atoms in total. The van der Waals surface area contributed by atoms with Gasteiger partial charge in [0.05, 0.1) is 18.8 Å². The van der Waals surface area contributed by atoms with E-state index < -0.39 is 11.7 Å². The maximum Gasteiger partial charge on any atom is 0.246 e. The van der Waals surface area contributed by atoms with Gasteiger partial charge in [-0.15, -0.1) is 0 Å². The predicted octanol–water partition coefficient (Wildman–Crippen LogP) is 2.01. The largest absolute Gasteiger partial charge is 0.490 e. The maximum atomic E-state index is 12.4. The number of ether oxygens (including phenoxy) is 4. The average Bonchev–Trinajstić information content (AvgIpc) is 3.41. The van der Waals surface area contributed by atoms with Gasteiger partial charge in [0, 0.05) is 44.4 Å². The number of nitrogens with zero attached hydrogens (tertiary/aromatic N) is 2. The number of β-amino-alcohol motifs (C(OH)–C–C–N with tert-alkyl or cyclic N) is 1. The van der Waals surface area contributed by atoms with Crippen LogP contribution in [-0.2, 0) is 15.1 Å². The molecule has 2 N–H and O–H groups in total. The van der Waals surface area contributed by atoms with Gasteiger partial charge < -0.3 is 39.0 Å². The Hall–Kier alpha value is -3.11. The van der Waals surface area contributed by atoms with Crippen molar-refractivity contribution < 1.29 is 34.0 Å². The molecule has 2 saturated heterocycles. The summed E-state index contributed by atoms with van der Waals surface area (Å²) in [5.74, 6) is 1.93. The number of fused-ring (bicyclic) bond motifs is 1. The van der Waals surface area contributed by atoms with Crippen molar-refractivity contribution in [2.24, 2.45) is 0 Å².